The van der Waals surface area contributed by atoms with Gasteiger partial charge >= 0.3 is 39.5 Å². The summed E-state index contributed by atoms with van der Waals surface area (Å²) < 4.78 is 68.4. The van der Waals surface area contributed by atoms with Crippen LogP contribution in [0.2, 0.25) is 0 Å². The number of rotatable bonds is 78. The summed E-state index contributed by atoms with van der Waals surface area (Å²) in [5, 5.41) is 10.6. The van der Waals surface area contributed by atoms with Crippen molar-refractivity contribution < 1.29 is 80.2 Å². The number of unbranched alkanes of at least 4 members (excludes halogenated alkanes) is 50. The van der Waals surface area contributed by atoms with E-state index in [-0.39, 0.29) is 25.7 Å². The van der Waals surface area contributed by atoms with Gasteiger partial charge in [-0.2, -0.15) is 0 Å². The predicted octanol–water partition coefficient (Wildman–Crippen LogP) is 23.3. The average molecular weight is 1420 g/mol. The number of esters is 4. The summed E-state index contributed by atoms with van der Waals surface area (Å²) in [4.78, 5) is 72.6. The van der Waals surface area contributed by atoms with Crippen LogP contribution in [0.3, 0.4) is 0 Å². The fourth-order valence-electron chi connectivity index (χ4n) is 12.1. The Bertz CT molecular complexity index is 1860. The summed E-state index contributed by atoms with van der Waals surface area (Å²) in [6.07, 6.45) is 61.6. The van der Waals surface area contributed by atoms with Crippen LogP contribution in [0.25, 0.3) is 0 Å². The monoisotopic (exact) mass is 1420 g/mol. The zero-order valence-electron chi connectivity index (χ0n) is 63.2. The summed E-state index contributed by atoms with van der Waals surface area (Å²) in [6, 6.07) is 0. The van der Waals surface area contributed by atoms with Gasteiger partial charge in [0.05, 0.1) is 26.4 Å². The number of carbonyl (C=O) groups excluding carboxylic acids is 4. The van der Waals surface area contributed by atoms with Gasteiger partial charge in [-0.1, -0.05) is 362 Å². The van der Waals surface area contributed by atoms with Crippen molar-refractivity contribution in [2.45, 2.75) is 432 Å². The molecule has 0 aliphatic rings. The molecular formula is C78H152O17P2. The Balaban J connectivity index is 5.13. The van der Waals surface area contributed by atoms with Crippen molar-refractivity contribution in [3.63, 3.8) is 0 Å². The molecule has 0 rings (SSSR count). The van der Waals surface area contributed by atoms with Crippen molar-refractivity contribution in [1.29, 1.82) is 0 Å². The van der Waals surface area contributed by atoms with Gasteiger partial charge in [0.1, 0.15) is 19.3 Å². The first-order valence-electron chi connectivity index (χ1n) is 40.6. The van der Waals surface area contributed by atoms with Crippen molar-refractivity contribution in [2.75, 3.05) is 39.6 Å². The highest BCUT2D eigenvalue weighted by molar-refractivity contribution is 7.47. The molecule has 0 aromatic rings. The van der Waals surface area contributed by atoms with Crippen LogP contribution in [0, 0.1) is 5.92 Å². The summed E-state index contributed by atoms with van der Waals surface area (Å²) in [5.41, 5.74) is 0. The van der Waals surface area contributed by atoms with Gasteiger partial charge in [0.2, 0.25) is 0 Å². The minimum absolute atomic E-state index is 0.106. The lowest BCUT2D eigenvalue weighted by Crippen LogP contribution is -2.30. The van der Waals surface area contributed by atoms with E-state index in [0.717, 1.165) is 102 Å². The summed E-state index contributed by atoms with van der Waals surface area (Å²) in [5.74, 6) is -1.36. The second kappa shape index (κ2) is 71.1. The minimum Gasteiger partial charge on any atom is -0.462 e. The van der Waals surface area contributed by atoms with E-state index in [0.29, 0.717) is 25.7 Å². The van der Waals surface area contributed by atoms with Crippen LogP contribution in [0.15, 0.2) is 0 Å². The van der Waals surface area contributed by atoms with E-state index in [9.17, 15) is 43.2 Å². The third-order valence-electron chi connectivity index (χ3n) is 18.3. The molecule has 5 atom stereocenters. The third-order valence-corrected chi connectivity index (χ3v) is 20.2. The molecule has 0 spiro atoms. The Kier molecular flexibility index (Phi) is 69.6. The summed E-state index contributed by atoms with van der Waals surface area (Å²) in [6.45, 7) is 7.22. The van der Waals surface area contributed by atoms with Crippen LogP contribution < -0.4 is 0 Å². The molecule has 0 bridgehead atoms. The first kappa shape index (κ1) is 95.1. The largest absolute Gasteiger partial charge is 0.472 e. The minimum atomic E-state index is -4.96. The molecule has 2 unspecified atom stereocenters. The normalized spacial score (nSPS) is 13.9. The molecule has 0 heterocycles. The van der Waals surface area contributed by atoms with E-state index in [4.69, 9.17) is 37.0 Å². The standard InChI is InChI=1S/C78H152O17P2/c1-6-9-12-15-17-19-21-23-25-27-29-31-33-35-39-43-47-52-57-62-76(81)89-68-74(95-78(83)63-58-53-48-44-40-36-34-32-30-28-26-24-22-20-18-16-13-10-7-2)70-93-97(86,87)91-66-72(79)65-90-96(84,85)92-69-73(67-88-75(80)61-56-50-14-11-8-3)94-77(82)64-59-54-49-45-41-37-38-42-46-51-55-60-71(4)5/h71-74,79H,6-70H2,1-5H3,(H,84,85)(H,86,87)/t72-,73+,74+/m0/s1. The van der Waals surface area contributed by atoms with Crippen LogP contribution in [-0.2, 0) is 65.4 Å². The Hall–Kier alpha value is -1.94. The maximum atomic E-state index is 13.1. The fraction of sp³-hybridized carbons (Fsp3) is 0.949. The lowest BCUT2D eigenvalue weighted by molar-refractivity contribution is -0.161. The summed E-state index contributed by atoms with van der Waals surface area (Å²) in [7, 11) is -9.90. The molecular weight excluding hydrogens is 1270 g/mol. The van der Waals surface area contributed by atoms with E-state index in [1.165, 1.54) is 231 Å². The first-order valence-corrected chi connectivity index (χ1v) is 43.6. The lowest BCUT2D eigenvalue weighted by Gasteiger charge is -2.21. The van der Waals surface area contributed by atoms with Crippen molar-refractivity contribution >= 4 is 39.5 Å². The molecule has 17 nitrogen and oxygen atoms in total. The molecule has 97 heavy (non-hydrogen) atoms. The number of phosphoric acid groups is 2. The second-order valence-electron chi connectivity index (χ2n) is 28.6. The zero-order valence-corrected chi connectivity index (χ0v) is 65.0. The van der Waals surface area contributed by atoms with Gasteiger partial charge in [-0.25, -0.2) is 9.13 Å². The van der Waals surface area contributed by atoms with E-state index < -0.39 is 97.5 Å². The van der Waals surface area contributed by atoms with Gasteiger partial charge in [-0.3, -0.25) is 37.3 Å². The maximum absolute atomic E-state index is 13.1. The van der Waals surface area contributed by atoms with Crippen LogP contribution in [0.1, 0.15) is 413 Å². The van der Waals surface area contributed by atoms with Gasteiger partial charge in [0, 0.05) is 25.7 Å². The molecule has 0 amide bonds. The van der Waals surface area contributed by atoms with Gasteiger partial charge < -0.3 is 33.8 Å². The molecule has 0 aromatic carbocycles. The Morgan fingerprint density at radius 2 is 0.474 bits per heavy atom. The molecule has 19 heteroatoms. The highest BCUT2D eigenvalue weighted by atomic mass is 31.2. The lowest BCUT2D eigenvalue weighted by atomic mass is 10.0. The number of hydrogen-bond acceptors (Lipinski definition) is 15. The highest BCUT2D eigenvalue weighted by Crippen LogP contribution is 2.45. The van der Waals surface area contributed by atoms with Crippen molar-refractivity contribution in [3.05, 3.63) is 0 Å². The Morgan fingerprint density at radius 3 is 0.701 bits per heavy atom. The van der Waals surface area contributed by atoms with Crippen LogP contribution >= 0.6 is 15.6 Å². The number of hydrogen-bond donors (Lipinski definition) is 3. The second-order valence-corrected chi connectivity index (χ2v) is 31.5. The smallest absolute Gasteiger partial charge is 0.462 e. The van der Waals surface area contributed by atoms with Gasteiger partial charge in [0.25, 0.3) is 0 Å². The van der Waals surface area contributed by atoms with Gasteiger partial charge in [-0.05, 0) is 31.6 Å². The fourth-order valence-corrected chi connectivity index (χ4v) is 13.6. The van der Waals surface area contributed by atoms with Crippen molar-refractivity contribution in [3.8, 4) is 0 Å². The number of aliphatic hydroxyl groups excluding tert-OH is 1. The molecule has 0 saturated carbocycles. The first-order chi connectivity index (χ1) is 47.0. The molecule has 0 radical (unpaired) electrons. The topological polar surface area (TPSA) is 237 Å². The number of ether oxygens (including phenoxy) is 4. The van der Waals surface area contributed by atoms with E-state index in [1.807, 2.05) is 0 Å². The van der Waals surface area contributed by atoms with Crippen LogP contribution in [0.5, 0.6) is 0 Å². The zero-order chi connectivity index (χ0) is 71.2. The molecule has 0 aliphatic heterocycles. The SMILES string of the molecule is CCCCCCCCCCCCCCCCCCCCCC(=O)OC[C@H](COP(=O)(O)OC[C@@H](O)COP(=O)(O)OC[C@@H](COC(=O)CCCCCCC)OC(=O)CCCCCCCCCCCCCC(C)C)OC(=O)CCCCCCCCCCCCCCCCCCCCC. The van der Waals surface area contributed by atoms with Crippen molar-refractivity contribution in [1.82, 2.24) is 0 Å². The van der Waals surface area contributed by atoms with Crippen molar-refractivity contribution in [2.24, 2.45) is 5.92 Å². The molecule has 3 N–H and O–H groups in total. The van der Waals surface area contributed by atoms with Gasteiger partial charge in [0.15, 0.2) is 12.2 Å². The average Bonchev–Trinajstić information content (AvgIpc) is 1.38. The van der Waals surface area contributed by atoms with Gasteiger partial charge in [-0.15, -0.1) is 0 Å². The van der Waals surface area contributed by atoms with E-state index >= 15 is 0 Å². The maximum Gasteiger partial charge on any atom is 0.472 e. The van der Waals surface area contributed by atoms with E-state index in [1.54, 1.807) is 0 Å². The third kappa shape index (κ3) is 72.2. The van der Waals surface area contributed by atoms with Crippen LogP contribution in [-0.4, -0.2) is 96.7 Å². The highest BCUT2D eigenvalue weighted by Gasteiger charge is 2.30. The molecule has 0 aliphatic carbocycles. The number of aliphatic hydroxyl groups is 1. The number of phosphoric ester groups is 2. The predicted molar refractivity (Wildman–Crippen MR) is 395 cm³/mol. The Labute approximate surface area is 594 Å². The Morgan fingerprint density at radius 1 is 0.278 bits per heavy atom. The summed E-state index contributed by atoms with van der Waals surface area (Å²) >= 11 is 0. The molecule has 0 aromatic heterocycles. The van der Waals surface area contributed by atoms with E-state index in [2.05, 4.69) is 34.6 Å². The number of carbonyl (C=O) groups is 4. The quantitative estimate of drug-likeness (QED) is 0.0222. The molecule has 576 valence electrons. The van der Waals surface area contributed by atoms with Crippen LogP contribution in [0.4, 0.5) is 0 Å². The molecule has 0 fully saturated rings. The molecule has 0 saturated heterocycles.